The van der Waals surface area contributed by atoms with Crippen molar-refractivity contribution >= 4 is 46.3 Å². The van der Waals surface area contributed by atoms with Gasteiger partial charge in [-0.3, -0.25) is 4.79 Å². The zero-order valence-electron chi connectivity index (χ0n) is 14.9. The number of hydrogen-bond donors (Lipinski definition) is 2. The largest absolute Gasteiger partial charge is 0.497 e. The maximum absolute atomic E-state index is 12.5. The number of benzene rings is 3. The van der Waals surface area contributed by atoms with Crippen LogP contribution in [-0.4, -0.2) is 18.2 Å². The Morgan fingerprint density at radius 1 is 0.929 bits per heavy atom. The average molecular weight is 413 g/mol. The van der Waals surface area contributed by atoms with Gasteiger partial charge < -0.3 is 20.1 Å². The second kappa shape index (κ2) is 9.21. The summed E-state index contributed by atoms with van der Waals surface area (Å²) >= 11 is 11.3. The van der Waals surface area contributed by atoms with Gasteiger partial charge >= 0.3 is 0 Å². The van der Waals surface area contributed by atoms with E-state index in [1.165, 1.54) is 0 Å². The van der Waals surface area contributed by atoms with Gasteiger partial charge in [-0.25, -0.2) is 0 Å². The minimum atomic E-state index is -0.299. The fourth-order valence-electron chi connectivity index (χ4n) is 2.38. The molecule has 1 amide bonds. The molecule has 0 heterocycles. The molecule has 3 aromatic carbocycles. The van der Waals surface area contributed by atoms with Gasteiger partial charge in [-0.1, -0.05) is 29.8 Å². The molecule has 142 valence electrons. The first-order valence-electron chi connectivity index (χ1n) is 8.34. The van der Waals surface area contributed by atoms with Crippen LogP contribution in [0.3, 0.4) is 0 Å². The minimum absolute atomic E-state index is 0.161. The van der Waals surface area contributed by atoms with Crippen molar-refractivity contribution in [2.75, 3.05) is 17.7 Å². The van der Waals surface area contributed by atoms with E-state index in [2.05, 4.69) is 10.6 Å². The van der Waals surface area contributed by atoms with Crippen molar-refractivity contribution in [2.24, 2.45) is 0 Å². The highest BCUT2D eigenvalue weighted by Gasteiger charge is 2.10. The molecular formula is C21H17ClN2O3S. The van der Waals surface area contributed by atoms with E-state index in [1.54, 1.807) is 55.6 Å². The van der Waals surface area contributed by atoms with E-state index in [4.69, 9.17) is 33.3 Å². The molecule has 0 aliphatic carbocycles. The van der Waals surface area contributed by atoms with Gasteiger partial charge in [-0.2, -0.15) is 0 Å². The van der Waals surface area contributed by atoms with Crippen LogP contribution < -0.4 is 20.1 Å². The van der Waals surface area contributed by atoms with Crippen molar-refractivity contribution in [3.8, 4) is 11.5 Å². The van der Waals surface area contributed by atoms with Gasteiger partial charge in [0, 0.05) is 11.3 Å². The lowest BCUT2D eigenvalue weighted by Gasteiger charge is -2.11. The predicted molar refractivity (Wildman–Crippen MR) is 116 cm³/mol. The standard InChI is InChI=1S/C21H17ClN2O3S/c1-26-16-11-9-15(10-12-16)23-21(28)27-17-6-4-5-14(13-17)20(25)24-19-8-3-2-7-18(19)22/h2-13H,1H3,(H,23,28)(H,24,25). The number of para-hydroxylation sites is 1. The number of halogens is 1. The van der Waals surface area contributed by atoms with E-state index in [9.17, 15) is 4.79 Å². The van der Waals surface area contributed by atoms with Gasteiger partial charge in [-0.05, 0) is 66.8 Å². The molecule has 5 nitrogen and oxygen atoms in total. The van der Waals surface area contributed by atoms with Crippen LogP contribution in [0.2, 0.25) is 5.02 Å². The Kier molecular flexibility index (Phi) is 6.47. The number of nitrogens with one attached hydrogen (secondary N) is 2. The smallest absolute Gasteiger partial charge is 0.266 e. The summed E-state index contributed by atoms with van der Waals surface area (Å²) in [6.45, 7) is 0. The quantitative estimate of drug-likeness (QED) is 0.551. The van der Waals surface area contributed by atoms with Gasteiger partial charge in [-0.15, -0.1) is 0 Å². The number of carbonyl (C=O) groups excluding carboxylic acids is 1. The molecule has 0 atom stereocenters. The molecule has 0 saturated carbocycles. The third-order valence-electron chi connectivity index (χ3n) is 3.77. The van der Waals surface area contributed by atoms with Gasteiger partial charge in [0.05, 0.1) is 17.8 Å². The first-order chi connectivity index (χ1) is 13.5. The van der Waals surface area contributed by atoms with E-state index < -0.39 is 0 Å². The number of methoxy groups -OCH3 is 1. The zero-order chi connectivity index (χ0) is 19.9. The lowest BCUT2D eigenvalue weighted by Crippen LogP contribution is -2.17. The number of ether oxygens (including phenoxy) is 2. The van der Waals surface area contributed by atoms with E-state index in [-0.39, 0.29) is 11.1 Å². The van der Waals surface area contributed by atoms with Crippen molar-refractivity contribution in [3.63, 3.8) is 0 Å². The molecule has 7 heteroatoms. The van der Waals surface area contributed by atoms with Crippen LogP contribution >= 0.6 is 23.8 Å². The van der Waals surface area contributed by atoms with Crippen molar-refractivity contribution in [2.45, 2.75) is 0 Å². The Balaban J connectivity index is 1.64. The molecule has 2 N–H and O–H groups in total. The molecule has 0 radical (unpaired) electrons. The molecule has 0 unspecified atom stereocenters. The number of amides is 1. The summed E-state index contributed by atoms with van der Waals surface area (Å²) in [4.78, 5) is 12.5. The van der Waals surface area contributed by atoms with Gasteiger partial charge in [0.2, 0.25) is 0 Å². The summed E-state index contributed by atoms with van der Waals surface area (Å²) in [5.74, 6) is 0.889. The second-order valence-electron chi connectivity index (χ2n) is 5.70. The SMILES string of the molecule is COc1ccc(NC(=S)Oc2cccc(C(=O)Nc3ccccc3Cl)c2)cc1. The van der Waals surface area contributed by atoms with E-state index in [0.29, 0.717) is 22.0 Å². The number of anilines is 2. The lowest BCUT2D eigenvalue weighted by molar-refractivity contribution is 0.102. The third-order valence-corrected chi connectivity index (χ3v) is 4.28. The normalized spacial score (nSPS) is 10.1. The summed E-state index contributed by atoms with van der Waals surface area (Å²) in [5, 5.41) is 6.37. The Labute approximate surface area is 173 Å². The number of thiocarbonyl (C=S) groups is 1. The fraction of sp³-hybridized carbons (Fsp3) is 0.0476. The van der Waals surface area contributed by atoms with Crippen LogP contribution in [0.5, 0.6) is 11.5 Å². The Morgan fingerprint density at radius 3 is 2.39 bits per heavy atom. The van der Waals surface area contributed by atoms with E-state index in [1.807, 2.05) is 24.3 Å². The molecule has 3 rings (SSSR count). The molecule has 0 saturated heterocycles. The van der Waals surface area contributed by atoms with Gasteiger partial charge in [0.25, 0.3) is 11.1 Å². The molecule has 0 bridgehead atoms. The van der Waals surface area contributed by atoms with Crippen LogP contribution in [0.25, 0.3) is 0 Å². The van der Waals surface area contributed by atoms with Crippen LogP contribution in [0.1, 0.15) is 10.4 Å². The molecule has 0 fully saturated rings. The van der Waals surface area contributed by atoms with E-state index >= 15 is 0 Å². The topological polar surface area (TPSA) is 59.6 Å². The first-order valence-corrected chi connectivity index (χ1v) is 9.12. The van der Waals surface area contributed by atoms with Gasteiger partial charge in [0.1, 0.15) is 11.5 Å². The highest BCUT2D eigenvalue weighted by molar-refractivity contribution is 7.80. The summed E-state index contributed by atoms with van der Waals surface area (Å²) in [5.41, 5.74) is 1.72. The molecule has 0 aliphatic heterocycles. The first kappa shape index (κ1) is 19.7. The monoisotopic (exact) mass is 412 g/mol. The summed E-state index contributed by atoms with van der Waals surface area (Å²) in [6, 6.07) is 21.0. The predicted octanol–water partition coefficient (Wildman–Crippen LogP) is 5.38. The highest BCUT2D eigenvalue weighted by Crippen LogP contribution is 2.22. The van der Waals surface area contributed by atoms with Crippen LogP contribution in [0.15, 0.2) is 72.8 Å². The Hall–Kier alpha value is -3.09. The second-order valence-corrected chi connectivity index (χ2v) is 6.48. The molecule has 0 aromatic heterocycles. The van der Waals surface area contributed by atoms with Crippen molar-refractivity contribution in [1.29, 1.82) is 0 Å². The maximum Gasteiger partial charge on any atom is 0.266 e. The molecule has 0 spiro atoms. The molecule has 28 heavy (non-hydrogen) atoms. The van der Waals surface area contributed by atoms with Crippen molar-refractivity contribution < 1.29 is 14.3 Å². The minimum Gasteiger partial charge on any atom is -0.497 e. The fourth-order valence-corrected chi connectivity index (χ4v) is 2.78. The number of carbonyl (C=O) groups is 1. The van der Waals surface area contributed by atoms with Crippen LogP contribution in [0, 0.1) is 0 Å². The van der Waals surface area contributed by atoms with Crippen LogP contribution in [-0.2, 0) is 0 Å². The molecule has 0 aliphatic rings. The van der Waals surface area contributed by atoms with Crippen molar-refractivity contribution in [1.82, 2.24) is 0 Å². The number of rotatable bonds is 5. The Bertz CT molecular complexity index is 993. The summed E-state index contributed by atoms with van der Waals surface area (Å²) in [6.07, 6.45) is 0. The number of hydrogen-bond acceptors (Lipinski definition) is 4. The highest BCUT2D eigenvalue weighted by atomic mass is 35.5. The zero-order valence-corrected chi connectivity index (χ0v) is 16.5. The molecule has 3 aromatic rings. The molecular weight excluding hydrogens is 396 g/mol. The Morgan fingerprint density at radius 2 is 1.68 bits per heavy atom. The summed E-state index contributed by atoms with van der Waals surface area (Å²) < 4.78 is 10.7. The van der Waals surface area contributed by atoms with Crippen molar-refractivity contribution in [3.05, 3.63) is 83.4 Å². The average Bonchev–Trinajstić information content (AvgIpc) is 2.70. The van der Waals surface area contributed by atoms with Gasteiger partial charge in [0.15, 0.2) is 0 Å². The summed E-state index contributed by atoms with van der Waals surface area (Å²) in [7, 11) is 1.60. The van der Waals surface area contributed by atoms with Crippen LogP contribution in [0.4, 0.5) is 11.4 Å². The van der Waals surface area contributed by atoms with E-state index in [0.717, 1.165) is 11.4 Å². The third kappa shape index (κ3) is 5.22. The maximum atomic E-state index is 12.5. The lowest BCUT2D eigenvalue weighted by atomic mass is 10.2.